The average molecular weight is 349 g/mol. The monoisotopic (exact) mass is 349 g/mol. The molecular weight excluding hydrogens is 330 g/mol. The van der Waals surface area contributed by atoms with Crippen LogP contribution in [0.2, 0.25) is 0 Å². The van der Waals surface area contributed by atoms with Gasteiger partial charge in [-0.05, 0) is 37.6 Å². The number of nitriles is 1. The van der Waals surface area contributed by atoms with Crippen LogP contribution in [0.5, 0.6) is 5.75 Å². The molecule has 2 amide bonds. The molecule has 1 unspecified atom stereocenters. The standard InChI is InChI=1S/C20H19N3O3/c1-14(26-18-10-5-2-7-15(18)13-21)20(25)22-16-8-3-4-9-17(16)23-12-6-11-19(23)24/h2-5,7-10,14H,6,11-12H2,1H3,(H,22,25). The van der Waals surface area contributed by atoms with E-state index in [1.165, 1.54) is 0 Å². The van der Waals surface area contributed by atoms with Crippen LogP contribution in [-0.4, -0.2) is 24.5 Å². The summed E-state index contributed by atoms with van der Waals surface area (Å²) in [5, 5.41) is 11.9. The minimum atomic E-state index is -0.799. The molecular formula is C20H19N3O3. The van der Waals surface area contributed by atoms with Gasteiger partial charge < -0.3 is 15.0 Å². The van der Waals surface area contributed by atoms with Crippen LogP contribution in [0.25, 0.3) is 0 Å². The van der Waals surface area contributed by atoms with Gasteiger partial charge in [-0.2, -0.15) is 5.26 Å². The SMILES string of the molecule is CC(Oc1ccccc1C#N)C(=O)Nc1ccccc1N1CCCC1=O. The number of hydrogen-bond donors (Lipinski definition) is 1. The van der Waals surface area contributed by atoms with Crippen molar-refractivity contribution >= 4 is 23.2 Å². The molecule has 6 heteroatoms. The third-order valence-corrected chi connectivity index (χ3v) is 4.21. The van der Waals surface area contributed by atoms with Gasteiger partial charge in [0.15, 0.2) is 6.10 Å². The molecule has 1 fully saturated rings. The Hall–Kier alpha value is -3.33. The molecule has 0 aliphatic carbocycles. The lowest BCUT2D eigenvalue weighted by atomic mass is 10.2. The Balaban J connectivity index is 1.74. The van der Waals surface area contributed by atoms with Gasteiger partial charge in [-0.1, -0.05) is 24.3 Å². The van der Waals surface area contributed by atoms with E-state index in [2.05, 4.69) is 5.32 Å². The molecule has 1 aliphatic heterocycles. The van der Waals surface area contributed by atoms with E-state index in [1.807, 2.05) is 18.2 Å². The molecule has 1 saturated heterocycles. The summed E-state index contributed by atoms with van der Waals surface area (Å²) in [6, 6.07) is 16.0. The Kier molecular flexibility index (Phi) is 5.18. The lowest BCUT2D eigenvalue weighted by Crippen LogP contribution is -2.32. The highest BCUT2D eigenvalue weighted by molar-refractivity contribution is 6.03. The largest absolute Gasteiger partial charge is 0.480 e. The predicted octanol–water partition coefficient (Wildman–Crippen LogP) is 3.09. The highest BCUT2D eigenvalue weighted by atomic mass is 16.5. The van der Waals surface area contributed by atoms with Crippen LogP contribution in [0.3, 0.4) is 0 Å². The summed E-state index contributed by atoms with van der Waals surface area (Å²) in [4.78, 5) is 26.2. The van der Waals surface area contributed by atoms with Gasteiger partial charge in [0.2, 0.25) is 5.91 Å². The molecule has 1 aliphatic rings. The van der Waals surface area contributed by atoms with Crippen LogP contribution < -0.4 is 15.0 Å². The van der Waals surface area contributed by atoms with Crippen molar-refractivity contribution in [3.63, 3.8) is 0 Å². The van der Waals surface area contributed by atoms with Crippen LogP contribution in [0.4, 0.5) is 11.4 Å². The maximum atomic E-state index is 12.5. The van der Waals surface area contributed by atoms with E-state index in [0.717, 1.165) is 6.42 Å². The fraction of sp³-hybridized carbons (Fsp3) is 0.250. The molecule has 3 rings (SSSR count). The van der Waals surface area contributed by atoms with Crippen LogP contribution in [0.1, 0.15) is 25.3 Å². The first-order chi connectivity index (χ1) is 12.6. The maximum absolute atomic E-state index is 12.5. The van der Waals surface area contributed by atoms with E-state index in [0.29, 0.717) is 35.7 Å². The number of amides is 2. The number of para-hydroxylation sites is 3. The molecule has 2 aromatic rings. The second-order valence-corrected chi connectivity index (χ2v) is 6.02. The van der Waals surface area contributed by atoms with Gasteiger partial charge in [-0.15, -0.1) is 0 Å². The van der Waals surface area contributed by atoms with E-state index in [9.17, 15) is 9.59 Å². The third kappa shape index (κ3) is 3.67. The van der Waals surface area contributed by atoms with Gasteiger partial charge in [-0.3, -0.25) is 9.59 Å². The Bertz CT molecular complexity index is 873. The van der Waals surface area contributed by atoms with Crippen molar-refractivity contribution in [1.82, 2.24) is 0 Å². The molecule has 132 valence electrons. The zero-order chi connectivity index (χ0) is 18.5. The summed E-state index contributed by atoms with van der Waals surface area (Å²) in [5.74, 6) is 0.0661. The van der Waals surface area contributed by atoms with Crippen LogP contribution >= 0.6 is 0 Å². The molecule has 1 atom stereocenters. The fourth-order valence-corrected chi connectivity index (χ4v) is 2.86. The molecule has 0 saturated carbocycles. The number of anilines is 2. The Morgan fingerprint density at radius 3 is 2.69 bits per heavy atom. The van der Waals surface area contributed by atoms with Crippen LogP contribution in [-0.2, 0) is 9.59 Å². The van der Waals surface area contributed by atoms with Crippen molar-refractivity contribution in [2.45, 2.75) is 25.9 Å². The minimum Gasteiger partial charge on any atom is -0.480 e. The first-order valence-corrected chi connectivity index (χ1v) is 8.46. The summed E-state index contributed by atoms with van der Waals surface area (Å²) in [5.41, 5.74) is 1.62. The summed E-state index contributed by atoms with van der Waals surface area (Å²) in [6.45, 7) is 2.26. The Labute approximate surface area is 152 Å². The summed E-state index contributed by atoms with van der Waals surface area (Å²) in [6.07, 6.45) is 0.532. The minimum absolute atomic E-state index is 0.0546. The highest BCUT2D eigenvalue weighted by Crippen LogP contribution is 2.29. The topological polar surface area (TPSA) is 82.4 Å². The lowest BCUT2D eigenvalue weighted by molar-refractivity contribution is -0.122. The van der Waals surface area contributed by atoms with Crippen molar-refractivity contribution < 1.29 is 14.3 Å². The number of ether oxygens (including phenoxy) is 1. The van der Waals surface area contributed by atoms with E-state index >= 15 is 0 Å². The molecule has 0 radical (unpaired) electrons. The highest BCUT2D eigenvalue weighted by Gasteiger charge is 2.25. The molecule has 2 aromatic carbocycles. The predicted molar refractivity (Wildman–Crippen MR) is 97.9 cm³/mol. The van der Waals surface area contributed by atoms with Crippen molar-refractivity contribution in [3.8, 4) is 11.8 Å². The fourth-order valence-electron chi connectivity index (χ4n) is 2.86. The van der Waals surface area contributed by atoms with Gasteiger partial charge >= 0.3 is 0 Å². The van der Waals surface area contributed by atoms with Gasteiger partial charge in [0.25, 0.3) is 5.91 Å². The van der Waals surface area contributed by atoms with E-state index in [4.69, 9.17) is 10.00 Å². The molecule has 26 heavy (non-hydrogen) atoms. The molecule has 0 spiro atoms. The normalized spacial score (nSPS) is 14.6. The van der Waals surface area contributed by atoms with Crippen molar-refractivity contribution in [1.29, 1.82) is 5.26 Å². The van der Waals surface area contributed by atoms with Crippen LogP contribution in [0, 0.1) is 11.3 Å². The number of nitrogens with one attached hydrogen (secondary N) is 1. The second kappa shape index (κ2) is 7.70. The molecule has 0 bridgehead atoms. The maximum Gasteiger partial charge on any atom is 0.265 e. The van der Waals surface area contributed by atoms with Gasteiger partial charge in [0.05, 0.1) is 16.9 Å². The third-order valence-electron chi connectivity index (χ3n) is 4.21. The van der Waals surface area contributed by atoms with E-state index in [-0.39, 0.29) is 11.8 Å². The van der Waals surface area contributed by atoms with Crippen molar-refractivity contribution in [2.24, 2.45) is 0 Å². The zero-order valence-electron chi connectivity index (χ0n) is 14.4. The summed E-state index contributed by atoms with van der Waals surface area (Å²) < 4.78 is 5.64. The van der Waals surface area contributed by atoms with E-state index in [1.54, 1.807) is 48.2 Å². The number of nitrogens with zero attached hydrogens (tertiary/aromatic N) is 2. The van der Waals surface area contributed by atoms with Gasteiger partial charge in [0, 0.05) is 13.0 Å². The summed E-state index contributed by atoms with van der Waals surface area (Å²) >= 11 is 0. The van der Waals surface area contributed by atoms with Gasteiger partial charge in [-0.25, -0.2) is 0 Å². The average Bonchev–Trinajstić information content (AvgIpc) is 3.08. The first kappa shape index (κ1) is 17.5. The number of carbonyl (C=O) groups excluding carboxylic acids is 2. The van der Waals surface area contributed by atoms with Crippen molar-refractivity contribution in [3.05, 3.63) is 54.1 Å². The molecule has 1 heterocycles. The molecule has 0 aromatic heterocycles. The van der Waals surface area contributed by atoms with Crippen molar-refractivity contribution in [2.75, 3.05) is 16.8 Å². The quantitative estimate of drug-likeness (QED) is 0.899. The number of rotatable bonds is 5. The second-order valence-electron chi connectivity index (χ2n) is 6.02. The lowest BCUT2D eigenvalue weighted by Gasteiger charge is -2.21. The number of hydrogen-bond acceptors (Lipinski definition) is 4. The van der Waals surface area contributed by atoms with E-state index < -0.39 is 6.10 Å². The molecule has 6 nitrogen and oxygen atoms in total. The zero-order valence-corrected chi connectivity index (χ0v) is 14.4. The Morgan fingerprint density at radius 2 is 1.96 bits per heavy atom. The smallest absolute Gasteiger partial charge is 0.265 e. The number of carbonyl (C=O) groups is 2. The Morgan fingerprint density at radius 1 is 1.23 bits per heavy atom. The number of benzene rings is 2. The first-order valence-electron chi connectivity index (χ1n) is 8.46. The summed E-state index contributed by atoms with van der Waals surface area (Å²) in [7, 11) is 0. The molecule has 1 N–H and O–H groups in total. The van der Waals surface area contributed by atoms with Gasteiger partial charge in [0.1, 0.15) is 11.8 Å². The van der Waals surface area contributed by atoms with Crippen LogP contribution in [0.15, 0.2) is 48.5 Å².